The minimum absolute atomic E-state index is 0.0121. The highest BCUT2D eigenvalue weighted by atomic mass is 19.1. The van der Waals surface area contributed by atoms with E-state index in [1.165, 1.54) is 0 Å². The van der Waals surface area contributed by atoms with E-state index in [2.05, 4.69) is 9.97 Å². The predicted molar refractivity (Wildman–Crippen MR) is 119 cm³/mol. The number of carbonyl (C=O) groups is 1. The summed E-state index contributed by atoms with van der Waals surface area (Å²) in [6.45, 7) is 1.92. The van der Waals surface area contributed by atoms with Crippen molar-refractivity contribution in [2.24, 2.45) is 11.7 Å². The van der Waals surface area contributed by atoms with Crippen LogP contribution in [0.3, 0.4) is 0 Å². The highest BCUT2D eigenvalue weighted by Gasteiger charge is 2.34. The van der Waals surface area contributed by atoms with Gasteiger partial charge in [0.1, 0.15) is 34.6 Å². The second kappa shape index (κ2) is 9.52. The van der Waals surface area contributed by atoms with Crippen LogP contribution in [-0.4, -0.2) is 38.1 Å². The normalized spacial score (nSPS) is 22.5. The molecule has 3 aromatic rings. The standard InChI is InChI=1S/C25H24F3N3O3/c1-12-6-13(7-20(29)25(12)34)16-4-5-30-11-14(16)8-22(33)21-3-2-17(26)24(31-21)23-18(27)9-15(32)10-19(23)28/h2-5,9-13,20,25,32,34H,6-8,29H2,1H3/t12?,13-,20-,25-/m1/s1. The lowest BCUT2D eigenvalue weighted by atomic mass is 9.74. The van der Waals surface area contributed by atoms with E-state index in [4.69, 9.17) is 5.73 Å². The second-order valence-corrected chi connectivity index (χ2v) is 8.79. The Morgan fingerprint density at radius 3 is 2.50 bits per heavy atom. The smallest absolute Gasteiger partial charge is 0.185 e. The van der Waals surface area contributed by atoms with E-state index in [1.807, 2.05) is 13.0 Å². The molecular weight excluding hydrogens is 447 g/mol. The van der Waals surface area contributed by atoms with Crippen LogP contribution in [0.15, 0.2) is 42.7 Å². The Bertz CT molecular complexity index is 1200. The van der Waals surface area contributed by atoms with Gasteiger partial charge >= 0.3 is 0 Å². The van der Waals surface area contributed by atoms with Crippen molar-refractivity contribution in [1.82, 2.24) is 9.97 Å². The number of nitrogens with two attached hydrogens (primary N) is 1. The van der Waals surface area contributed by atoms with E-state index < -0.39 is 46.3 Å². The zero-order chi connectivity index (χ0) is 24.6. The quantitative estimate of drug-likeness (QED) is 0.487. The molecule has 1 aromatic carbocycles. The Hall–Kier alpha value is -3.30. The maximum atomic E-state index is 14.4. The fourth-order valence-electron chi connectivity index (χ4n) is 4.63. The molecule has 2 aromatic heterocycles. The first-order valence-corrected chi connectivity index (χ1v) is 10.9. The molecule has 6 nitrogen and oxygen atoms in total. The zero-order valence-electron chi connectivity index (χ0n) is 18.4. The Morgan fingerprint density at radius 1 is 1.12 bits per heavy atom. The van der Waals surface area contributed by atoms with Gasteiger partial charge in [0.05, 0.1) is 11.7 Å². The number of aliphatic hydroxyl groups is 1. The SMILES string of the molecule is CC1C[C@@H](c2ccncc2CC(=O)c2ccc(F)c(-c3c(F)cc(O)cc3F)n2)C[C@@H](N)[C@@H]1O. The molecule has 0 bridgehead atoms. The lowest BCUT2D eigenvalue weighted by molar-refractivity contribution is 0.0519. The summed E-state index contributed by atoms with van der Waals surface area (Å²) in [4.78, 5) is 21.1. The fraction of sp³-hybridized carbons (Fsp3) is 0.320. The van der Waals surface area contributed by atoms with Gasteiger partial charge in [0.15, 0.2) is 5.78 Å². The Morgan fingerprint density at radius 2 is 1.82 bits per heavy atom. The molecule has 0 aliphatic heterocycles. The minimum Gasteiger partial charge on any atom is -0.508 e. The summed E-state index contributed by atoms with van der Waals surface area (Å²) in [6.07, 6.45) is 3.73. The number of ketones is 1. The number of rotatable bonds is 5. The molecule has 0 radical (unpaired) electrons. The number of nitrogens with zero attached hydrogens (tertiary/aromatic N) is 2. The average molecular weight is 471 g/mol. The van der Waals surface area contributed by atoms with Gasteiger partial charge in [0.2, 0.25) is 0 Å². The van der Waals surface area contributed by atoms with Crippen molar-refractivity contribution in [2.75, 3.05) is 0 Å². The number of benzene rings is 1. The molecule has 4 N–H and O–H groups in total. The van der Waals surface area contributed by atoms with Gasteiger partial charge in [-0.3, -0.25) is 9.78 Å². The number of phenols is 1. The molecule has 1 fully saturated rings. The second-order valence-electron chi connectivity index (χ2n) is 8.79. The van der Waals surface area contributed by atoms with Crippen LogP contribution in [0.25, 0.3) is 11.3 Å². The van der Waals surface area contributed by atoms with Crippen molar-refractivity contribution in [3.8, 4) is 17.0 Å². The van der Waals surface area contributed by atoms with Crippen LogP contribution < -0.4 is 5.73 Å². The first-order chi connectivity index (χ1) is 16.2. The molecule has 1 unspecified atom stereocenters. The van der Waals surface area contributed by atoms with Crippen molar-refractivity contribution in [1.29, 1.82) is 0 Å². The molecule has 0 spiro atoms. The van der Waals surface area contributed by atoms with Gasteiger partial charge in [-0.1, -0.05) is 6.92 Å². The molecule has 0 saturated heterocycles. The molecular formula is C25H24F3N3O3. The Balaban J connectivity index is 1.64. The van der Waals surface area contributed by atoms with Gasteiger partial charge in [-0.05, 0) is 54.0 Å². The van der Waals surface area contributed by atoms with Gasteiger partial charge in [0.25, 0.3) is 0 Å². The summed E-state index contributed by atoms with van der Waals surface area (Å²) in [6, 6.07) is 4.79. The van der Waals surface area contributed by atoms with E-state index >= 15 is 0 Å². The van der Waals surface area contributed by atoms with Gasteiger partial charge in [-0.2, -0.15) is 0 Å². The first-order valence-electron chi connectivity index (χ1n) is 10.9. The predicted octanol–water partition coefficient (Wildman–Crippen LogP) is 3.89. The molecule has 9 heteroatoms. The van der Waals surface area contributed by atoms with Gasteiger partial charge in [-0.25, -0.2) is 18.2 Å². The summed E-state index contributed by atoms with van der Waals surface area (Å²) in [7, 11) is 0. The van der Waals surface area contributed by atoms with E-state index in [0.29, 0.717) is 30.5 Å². The molecule has 2 heterocycles. The van der Waals surface area contributed by atoms with Crippen molar-refractivity contribution in [3.63, 3.8) is 0 Å². The molecule has 1 aliphatic rings. The number of hydrogen-bond acceptors (Lipinski definition) is 6. The number of hydrogen-bond donors (Lipinski definition) is 3. The summed E-state index contributed by atoms with van der Waals surface area (Å²) in [5.74, 6) is -4.53. The highest BCUT2D eigenvalue weighted by Crippen LogP contribution is 2.37. The van der Waals surface area contributed by atoms with Crippen LogP contribution in [-0.2, 0) is 6.42 Å². The summed E-state index contributed by atoms with van der Waals surface area (Å²) < 4.78 is 43.0. The number of pyridine rings is 2. The van der Waals surface area contributed by atoms with Crippen molar-refractivity contribution in [3.05, 3.63) is 77.0 Å². The van der Waals surface area contributed by atoms with Crippen molar-refractivity contribution < 1.29 is 28.2 Å². The maximum absolute atomic E-state index is 14.4. The molecule has 34 heavy (non-hydrogen) atoms. The lowest BCUT2D eigenvalue weighted by Crippen LogP contribution is -2.44. The highest BCUT2D eigenvalue weighted by molar-refractivity contribution is 5.96. The summed E-state index contributed by atoms with van der Waals surface area (Å²) in [5, 5.41) is 19.5. The minimum atomic E-state index is -1.20. The number of aliphatic hydroxyl groups excluding tert-OH is 1. The molecule has 0 amide bonds. The van der Waals surface area contributed by atoms with Crippen LogP contribution in [0.2, 0.25) is 0 Å². The molecule has 4 atom stereocenters. The molecule has 1 aliphatic carbocycles. The lowest BCUT2D eigenvalue weighted by Gasteiger charge is -2.36. The largest absolute Gasteiger partial charge is 0.508 e. The molecule has 4 rings (SSSR count). The number of Topliss-reactive ketones (excluding diaryl/α,β-unsaturated/α-hetero) is 1. The molecule has 178 valence electrons. The van der Waals surface area contributed by atoms with Crippen LogP contribution in [0.5, 0.6) is 5.75 Å². The van der Waals surface area contributed by atoms with Gasteiger partial charge < -0.3 is 15.9 Å². The third-order valence-electron chi connectivity index (χ3n) is 6.36. The Kier molecular flexibility index (Phi) is 6.67. The van der Waals surface area contributed by atoms with E-state index in [0.717, 1.165) is 17.7 Å². The first kappa shape index (κ1) is 23.8. The summed E-state index contributed by atoms with van der Waals surface area (Å²) in [5.41, 5.74) is 6.04. The average Bonchev–Trinajstić information content (AvgIpc) is 2.78. The monoisotopic (exact) mass is 471 g/mol. The Labute approximate surface area is 194 Å². The van der Waals surface area contributed by atoms with Crippen LogP contribution in [0.4, 0.5) is 13.2 Å². The summed E-state index contributed by atoms with van der Waals surface area (Å²) >= 11 is 0. The number of phenolic OH excluding ortho intramolecular Hbond substituents is 1. The van der Waals surface area contributed by atoms with Crippen molar-refractivity contribution in [2.45, 2.75) is 44.2 Å². The third kappa shape index (κ3) is 4.67. The van der Waals surface area contributed by atoms with Gasteiger partial charge in [0, 0.05) is 37.0 Å². The van der Waals surface area contributed by atoms with E-state index in [1.54, 1.807) is 12.4 Å². The van der Waals surface area contributed by atoms with Gasteiger partial charge in [-0.15, -0.1) is 0 Å². The van der Waals surface area contributed by atoms with Crippen LogP contribution >= 0.6 is 0 Å². The third-order valence-corrected chi connectivity index (χ3v) is 6.36. The number of carbonyl (C=O) groups excluding carboxylic acids is 1. The zero-order valence-corrected chi connectivity index (χ0v) is 18.4. The molecule has 1 saturated carbocycles. The van der Waals surface area contributed by atoms with Crippen LogP contribution in [0.1, 0.15) is 47.3 Å². The number of aromatic hydroxyl groups is 1. The fourth-order valence-corrected chi connectivity index (χ4v) is 4.63. The van der Waals surface area contributed by atoms with E-state index in [-0.39, 0.29) is 30.0 Å². The number of aromatic nitrogens is 2. The van der Waals surface area contributed by atoms with E-state index in [9.17, 15) is 28.2 Å². The number of halogens is 3. The van der Waals surface area contributed by atoms with Crippen LogP contribution in [0, 0.1) is 23.4 Å². The maximum Gasteiger partial charge on any atom is 0.185 e. The topological polar surface area (TPSA) is 109 Å². The van der Waals surface area contributed by atoms with Crippen molar-refractivity contribution >= 4 is 5.78 Å².